The van der Waals surface area contributed by atoms with Crippen molar-refractivity contribution in [2.24, 2.45) is 10.6 Å². The van der Waals surface area contributed by atoms with Crippen LogP contribution in [0.15, 0.2) is 89.6 Å². The summed E-state index contributed by atoms with van der Waals surface area (Å²) >= 11 is 0. The zero-order valence-corrected chi connectivity index (χ0v) is 15.1. The van der Waals surface area contributed by atoms with E-state index in [1.807, 2.05) is 12.1 Å². The predicted octanol–water partition coefficient (Wildman–Crippen LogP) is 5.29. The predicted molar refractivity (Wildman–Crippen MR) is 109 cm³/mol. The van der Waals surface area contributed by atoms with Gasteiger partial charge >= 0.3 is 0 Å². The molecule has 0 spiro atoms. The summed E-state index contributed by atoms with van der Waals surface area (Å²) in [6.07, 6.45) is 4.93. The number of nitrogens with zero attached hydrogens (tertiary/aromatic N) is 1. The molecule has 0 heterocycles. The lowest BCUT2D eigenvalue weighted by Crippen LogP contribution is -2.34. The van der Waals surface area contributed by atoms with E-state index in [-0.39, 0.29) is 5.41 Å². The van der Waals surface area contributed by atoms with E-state index < -0.39 is 0 Å². The maximum Gasteiger partial charge on any atom is 0.0979 e. The Morgan fingerprint density at radius 2 is 1.52 bits per heavy atom. The van der Waals surface area contributed by atoms with Gasteiger partial charge in [-0.3, -0.25) is 0 Å². The van der Waals surface area contributed by atoms with Crippen LogP contribution in [0.3, 0.4) is 0 Å². The molecule has 1 N–H and O–H groups in total. The van der Waals surface area contributed by atoms with Crippen LogP contribution in [0.2, 0.25) is 0 Å². The summed E-state index contributed by atoms with van der Waals surface area (Å²) in [6.45, 7) is 0. The van der Waals surface area contributed by atoms with Crippen LogP contribution in [0.1, 0.15) is 27.8 Å². The van der Waals surface area contributed by atoms with Gasteiger partial charge < -0.3 is 5.21 Å². The van der Waals surface area contributed by atoms with Gasteiger partial charge in [-0.15, -0.1) is 0 Å². The first-order valence-corrected chi connectivity index (χ1v) is 9.44. The first-order chi connectivity index (χ1) is 13.3. The summed E-state index contributed by atoms with van der Waals surface area (Å²) < 4.78 is 0. The van der Waals surface area contributed by atoms with E-state index in [2.05, 4.69) is 78.0 Å². The van der Waals surface area contributed by atoms with Crippen molar-refractivity contribution in [3.8, 4) is 0 Å². The highest BCUT2D eigenvalue weighted by Gasteiger charge is 2.47. The van der Waals surface area contributed by atoms with Gasteiger partial charge in [0.2, 0.25) is 0 Å². The molecule has 132 valence electrons. The van der Waals surface area contributed by atoms with Crippen LogP contribution in [0, 0.1) is 5.41 Å². The van der Waals surface area contributed by atoms with Crippen molar-refractivity contribution in [1.82, 2.24) is 0 Å². The van der Waals surface area contributed by atoms with E-state index in [0.717, 1.165) is 30.5 Å². The first kappa shape index (κ1) is 16.1. The summed E-state index contributed by atoms with van der Waals surface area (Å²) in [5, 5.41) is 13.9. The van der Waals surface area contributed by atoms with E-state index in [1.54, 1.807) is 0 Å². The molecule has 0 fully saturated rings. The topological polar surface area (TPSA) is 32.6 Å². The third kappa shape index (κ3) is 2.52. The Bertz CT molecular complexity index is 1060. The van der Waals surface area contributed by atoms with Crippen molar-refractivity contribution in [3.05, 3.63) is 112 Å². The van der Waals surface area contributed by atoms with E-state index in [0.29, 0.717) is 0 Å². The van der Waals surface area contributed by atoms with Crippen molar-refractivity contribution in [1.29, 1.82) is 0 Å². The van der Waals surface area contributed by atoms with Gasteiger partial charge in [-0.2, -0.15) is 0 Å². The maximum atomic E-state index is 10.1. The normalized spacial score (nSPS) is 21.8. The van der Waals surface area contributed by atoms with E-state index in [4.69, 9.17) is 0 Å². The minimum Gasteiger partial charge on any atom is -0.411 e. The molecule has 1 atom stereocenters. The first-order valence-electron chi connectivity index (χ1n) is 9.44. The van der Waals surface area contributed by atoms with Gasteiger partial charge in [0.1, 0.15) is 0 Å². The minimum absolute atomic E-state index is 0.307. The molecule has 2 nitrogen and oxygen atoms in total. The van der Waals surface area contributed by atoms with Crippen molar-refractivity contribution in [2.45, 2.75) is 19.3 Å². The third-order valence-corrected chi connectivity index (χ3v) is 6.05. The summed E-state index contributed by atoms with van der Waals surface area (Å²) in [7, 11) is 0. The van der Waals surface area contributed by atoms with Crippen molar-refractivity contribution in [3.63, 3.8) is 0 Å². The van der Waals surface area contributed by atoms with E-state index in [1.165, 1.54) is 27.8 Å². The number of benzene rings is 3. The van der Waals surface area contributed by atoms with Crippen LogP contribution in [0.5, 0.6) is 0 Å². The lowest BCUT2D eigenvalue weighted by Gasteiger charge is -2.31. The number of fused-ring (bicyclic) bond motifs is 2. The molecule has 0 bridgehead atoms. The molecule has 1 unspecified atom stereocenters. The Hall–Kier alpha value is -3.13. The minimum atomic E-state index is -0.307. The largest absolute Gasteiger partial charge is 0.411 e. The molecule has 3 aromatic rings. The molecule has 0 aromatic heterocycles. The summed E-state index contributed by atoms with van der Waals surface area (Å²) in [6, 6.07) is 27.5. The van der Waals surface area contributed by atoms with E-state index >= 15 is 0 Å². The van der Waals surface area contributed by atoms with Crippen molar-refractivity contribution in [2.75, 3.05) is 0 Å². The van der Waals surface area contributed by atoms with Gasteiger partial charge in [0.25, 0.3) is 0 Å². The number of rotatable bonds is 3. The lowest BCUT2D eigenvalue weighted by molar-refractivity contribution is 0.310. The molecule has 2 heteroatoms. The fraction of sp³-hybridized carbons (Fsp3) is 0.160. The Morgan fingerprint density at radius 3 is 2.30 bits per heavy atom. The molecule has 27 heavy (non-hydrogen) atoms. The molecule has 2 aliphatic carbocycles. The molecular weight excluding hydrogens is 330 g/mol. The summed E-state index contributed by atoms with van der Waals surface area (Å²) in [5.74, 6) is 0. The van der Waals surface area contributed by atoms with Gasteiger partial charge in [0.05, 0.1) is 5.71 Å². The zero-order chi connectivity index (χ0) is 18.3. The molecule has 0 aliphatic heterocycles. The van der Waals surface area contributed by atoms with Gasteiger partial charge in [0.15, 0.2) is 0 Å². The van der Waals surface area contributed by atoms with Gasteiger partial charge in [-0.05, 0) is 41.5 Å². The molecule has 5 rings (SSSR count). The van der Waals surface area contributed by atoms with Gasteiger partial charge in [0, 0.05) is 11.0 Å². The third-order valence-electron chi connectivity index (χ3n) is 6.05. The highest BCUT2D eigenvalue weighted by Crippen LogP contribution is 2.49. The SMILES string of the molecule is O/N=C1\c2ccccc2CC1(Cc1ccccc1)C1=Cc2ccccc2C1. The molecule has 0 saturated carbocycles. The second kappa shape index (κ2) is 6.24. The van der Waals surface area contributed by atoms with Crippen LogP contribution >= 0.6 is 0 Å². The van der Waals surface area contributed by atoms with Crippen LogP contribution in [0.25, 0.3) is 6.08 Å². The second-order valence-corrected chi connectivity index (χ2v) is 7.57. The summed E-state index contributed by atoms with van der Waals surface area (Å²) in [4.78, 5) is 0. The highest BCUT2D eigenvalue weighted by atomic mass is 16.4. The van der Waals surface area contributed by atoms with Crippen LogP contribution < -0.4 is 0 Å². The van der Waals surface area contributed by atoms with Crippen LogP contribution in [-0.4, -0.2) is 10.9 Å². The highest BCUT2D eigenvalue weighted by molar-refractivity contribution is 6.11. The Kier molecular flexibility index (Phi) is 3.71. The molecule has 0 radical (unpaired) electrons. The number of hydrogen-bond acceptors (Lipinski definition) is 2. The average Bonchev–Trinajstić information content (AvgIpc) is 3.28. The Balaban J connectivity index is 1.67. The molecule has 3 aromatic carbocycles. The second-order valence-electron chi connectivity index (χ2n) is 7.57. The van der Waals surface area contributed by atoms with Crippen LogP contribution in [-0.2, 0) is 19.3 Å². The Morgan fingerprint density at radius 1 is 0.815 bits per heavy atom. The summed E-state index contributed by atoms with van der Waals surface area (Å²) in [5.41, 5.74) is 8.09. The van der Waals surface area contributed by atoms with E-state index in [9.17, 15) is 5.21 Å². The van der Waals surface area contributed by atoms with Gasteiger partial charge in [-0.1, -0.05) is 95.7 Å². The van der Waals surface area contributed by atoms with Crippen molar-refractivity contribution < 1.29 is 5.21 Å². The average molecular weight is 351 g/mol. The molecule has 0 amide bonds. The maximum absolute atomic E-state index is 10.1. The zero-order valence-electron chi connectivity index (χ0n) is 15.1. The smallest absolute Gasteiger partial charge is 0.0979 e. The van der Waals surface area contributed by atoms with Crippen molar-refractivity contribution >= 4 is 11.8 Å². The standard InChI is InChI=1S/C25H21NO/c27-26-24-23-13-7-6-12-21(23)17-25(24,16-18-8-2-1-3-9-18)22-14-19-10-4-5-11-20(19)15-22/h1-14,27H,15-17H2/b26-24+. The van der Waals surface area contributed by atoms with Gasteiger partial charge in [-0.25, -0.2) is 0 Å². The number of hydrogen-bond donors (Lipinski definition) is 1. The fourth-order valence-electron chi connectivity index (χ4n) is 4.78. The molecule has 2 aliphatic rings. The quantitative estimate of drug-likeness (QED) is 0.505. The lowest BCUT2D eigenvalue weighted by atomic mass is 9.71. The Labute approximate surface area is 159 Å². The number of allylic oxidation sites excluding steroid dienone is 1. The number of oxime groups is 1. The molecular formula is C25H21NO. The monoisotopic (exact) mass is 351 g/mol. The molecule has 0 saturated heterocycles. The van der Waals surface area contributed by atoms with Crippen LogP contribution in [0.4, 0.5) is 0 Å². The fourth-order valence-corrected chi connectivity index (χ4v) is 4.78.